The Kier molecular flexibility index (Phi) is 6.43. The first-order valence-electron chi connectivity index (χ1n) is 9.15. The molecule has 2 N–H and O–H groups in total. The molecule has 12 nitrogen and oxygen atoms in total. The number of urea groups is 1. The number of aromatic amines is 1. The molecule has 0 bridgehead atoms. The number of carbonyl (C=O) groups is 2. The number of aryl methyl sites for hydroxylation is 2. The average Bonchev–Trinajstić information content (AvgIpc) is 3.18. The van der Waals surface area contributed by atoms with Crippen LogP contribution in [0.5, 0.6) is 0 Å². The van der Waals surface area contributed by atoms with Crippen LogP contribution in [0.15, 0.2) is 35.5 Å². The zero-order valence-electron chi connectivity index (χ0n) is 17.2. The molecular weight excluding hydrogens is 445 g/mol. The molecule has 3 aromatic heterocycles. The summed E-state index contributed by atoms with van der Waals surface area (Å²) >= 11 is 0. The molecule has 0 fully saturated rings. The number of esters is 1. The Hall–Kier alpha value is -3.94. The van der Waals surface area contributed by atoms with Crippen LogP contribution in [0.3, 0.4) is 0 Å². The molecule has 3 aromatic rings. The molecule has 3 rings (SSSR count). The number of hydrogen-bond acceptors (Lipinski definition) is 9. The van der Waals surface area contributed by atoms with Gasteiger partial charge in [-0.1, -0.05) is 6.07 Å². The number of ether oxygens (including phenoxy) is 1. The number of halogens is 1. The predicted octanol–water partition coefficient (Wildman–Crippen LogP) is 1.95. The fraction of sp³-hybridized carbons (Fsp3) is 0.222. The van der Waals surface area contributed by atoms with Gasteiger partial charge in [0.25, 0.3) is 10.0 Å². The first-order chi connectivity index (χ1) is 15.1. The van der Waals surface area contributed by atoms with Gasteiger partial charge in [0.05, 0.1) is 12.8 Å². The molecule has 0 atom stereocenters. The molecule has 0 radical (unpaired) electrons. The summed E-state index contributed by atoms with van der Waals surface area (Å²) in [5.74, 6) is -2.77. The summed E-state index contributed by atoms with van der Waals surface area (Å²) in [6, 6.07) is 3.62. The van der Waals surface area contributed by atoms with Crippen molar-refractivity contribution in [3.63, 3.8) is 0 Å². The summed E-state index contributed by atoms with van der Waals surface area (Å²) in [4.78, 5) is 36.7. The molecule has 0 saturated carbocycles. The zero-order chi connectivity index (χ0) is 23.5. The van der Waals surface area contributed by atoms with Crippen LogP contribution in [0.4, 0.5) is 21.0 Å². The second kappa shape index (κ2) is 9.05. The van der Waals surface area contributed by atoms with E-state index in [4.69, 9.17) is 4.74 Å². The van der Waals surface area contributed by atoms with Gasteiger partial charge in [-0.05, 0) is 39.0 Å². The third-order valence-electron chi connectivity index (χ3n) is 3.89. The minimum absolute atomic E-state index is 0.0246. The Morgan fingerprint density at radius 3 is 2.50 bits per heavy atom. The predicted molar refractivity (Wildman–Crippen MR) is 109 cm³/mol. The quantitative estimate of drug-likeness (QED) is 0.411. The number of anilines is 2. The van der Waals surface area contributed by atoms with Crippen molar-refractivity contribution in [2.75, 3.05) is 16.2 Å². The van der Waals surface area contributed by atoms with Gasteiger partial charge in [0.1, 0.15) is 5.56 Å². The Morgan fingerprint density at radius 1 is 1.19 bits per heavy atom. The van der Waals surface area contributed by atoms with Crippen LogP contribution < -0.4 is 9.62 Å². The van der Waals surface area contributed by atoms with E-state index in [1.165, 1.54) is 13.0 Å². The van der Waals surface area contributed by atoms with Crippen LogP contribution in [-0.4, -0.2) is 52.2 Å². The van der Waals surface area contributed by atoms with Crippen LogP contribution in [0, 0.1) is 19.8 Å². The van der Waals surface area contributed by atoms with E-state index in [-0.39, 0.29) is 16.9 Å². The number of pyridine rings is 1. The second-order valence-electron chi connectivity index (χ2n) is 6.33. The summed E-state index contributed by atoms with van der Waals surface area (Å²) in [6.07, 6.45) is 0.937. The van der Waals surface area contributed by atoms with Crippen molar-refractivity contribution in [1.82, 2.24) is 25.1 Å². The first kappa shape index (κ1) is 22.7. The minimum atomic E-state index is -4.84. The summed E-state index contributed by atoms with van der Waals surface area (Å²) in [6.45, 7) is 4.82. The van der Waals surface area contributed by atoms with Crippen LogP contribution in [0.25, 0.3) is 0 Å². The molecule has 3 heterocycles. The largest absolute Gasteiger partial charge is 0.462 e. The SMILES string of the molecule is CCOC(=O)c1cn[nH]c1S(=O)(=O)N(C(=O)Nc1nc(C)cc(C)n1)c1cccc(F)n1. The van der Waals surface area contributed by atoms with Gasteiger partial charge < -0.3 is 4.74 Å². The monoisotopic (exact) mass is 463 g/mol. The van der Waals surface area contributed by atoms with Crippen molar-refractivity contribution in [2.24, 2.45) is 0 Å². The smallest absolute Gasteiger partial charge is 0.344 e. The Labute approximate surface area is 181 Å². The highest BCUT2D eigenvalue weighted by atomic mass is 32.2. The minimum Gasteiger partial charge on any atom is -0.462 e. The van der Waals surface area contributed by atoms with Gasteiger partial charge in [-0.15, -0.1) is 0 Å². The zero-order valence-corrected chi connectivity index (χ0v) is 18.0. The Morgan fingerprint density at radius 2 is 1.88 bits per heavy atom. The van der Waals surface area contributed by atoms with Crippen molar-refractivity contribution >= 4 is 33.8 Å². The lowest BCUT2D eigenvalue weighted by atomic mass is 10.4. The summed E-state index contributed by atoms with van der Waals surface area (Å²) in [5.41, 5.74) is 0.595. The fourth-order valence-electron chi connectivity index (χ4n) is 2.69. The highest BCUT2D eigenvalue weighted by Crippen LogP contribution is 2.25. The van der Waals surface area contributed by atoms with Gasteiger partial charge in [-0.3, -0.25) is 10.4 Å². The van der Waals surface area contributed by atoms with E-state index < -0.39 is 44.4 Å². The maximum absolute atomic E-state index is 13.8. The number of carbonyl (C=O) groups excluding carboxylic acids is 2. The van der Waals surface area contributed by atoms with E-state index in [0.717, 1.165) is 18.3 Å². The highest BCUT2D eigenvalue weighted by Gasteiger charge is 2.37. The maximum atomic E-state index is 13.8. The van der Waals surface area contributed by atoms with Gasteiger partial charge in [0.15, 0.2) is 10.8 Å². The van der Waals surface area contributed by atoms with Crippen LogP contribution in [0.1, 0.15) is 28.7 Å². The maximum Gasteiger partial charge on any atom is 0.344 e. The Bertz CT molecular complexity index is 1260. The van der Waals surface area contributed by atoms with Crippen LogP contribution in [-0.2, 0) is 14.8 Å². The van der Waals surface area contributed by atoms with Gasteiger partial charge >= 0.3 is 12.0 Å². The van der Waals surface area contributed by atoms with Crippen molar-refractivity contribution < 1.29 is 27.1 Å². The van der Waals surface area contributed by atoms with Crippen molar-refractivity contribution in [2.45, 2.75) is 25.8 Å². The number of aromatic nitrogens is 5. The molecule has 32 heavy (non-hydrogen) atoms. The van der Waals surface area contributed by atoms with Crippen LogP contribution >= 0.6 is 0 Å². The van der Waals surface area contributed by atoms with Gasteiger partial charge in [0, 0.05) is 11.4 Å². The molecule has 0 spiro atoms. The van der Waals surface area contributed by atoms with Crippen molar-refractivity contribution in [3.8, 4) is 0 Å². The van der Waals surface area contributed by atoms with E-state index in [0.29, 0.717) is 11.4 Å². The van der Waals surface area contributed by atoms with Crippen LogP contribution in [0.2, 0.25) is 0 Å². The van der Waals surface area contributed by atoms with E-state index >= 15 is 0 Å². The van der Waals surface area contributed by atoms with Gasteiger partial charge in [-0.25, -0.2) is 24.5 Å². The molecule has 0 aliphatic rings. The number of H-pyrrole nitrogens is 1. The molecular formula is C18H18FN7O5S. The van der Waals surface area contributed by atoms with E-state index in [9.17, 15) is 22.4 Å². The third-order valence-corrected chi connectivity index (χ3v) is 5.55. The molecule has 168 valence electrons. The molecule has 0 unspecified atom stereocenters. The molecule has 14 heteroatoms. The number of rotatable bonds is 6. The number of nitrogens with one attached hydrogen (secondary N) is 2. The first-order valence-corrected chi connectivity index (χ1v) is 10.6. The lowest BCUT2D eigenvalue weighted by Crippen LogP contribution is -2.41. The summed E-state index contributed by atoms with van der Waals surface area (Å²) in [7, 11) is -4.84. The standard InChI is InChI=1S/C18H18FN7O5S/c1-4-31-16(27)12-9-20-25-15(12)32(29,30)26(14-7-5-6-13(19)23-14)18(28)24-17-21-10(2)8-11(3)22-17/h5-9H,4H2,1-3H3,(H,20,25)(H,21,22,24,28). The summed E-state index contributed by atoms with van der Waals surface area (Å²) < 4.78 is 45.6. The van der Waals surface area contributed by atoms with E-state index in [2.05, 4.69) is 30.5 Å². The fourth-order valence-corrected chi connectivity index (χ4v) is 4.07. The molecule has 0 aliphatic carbocycles. The number of nitrogens with zero attached hydrogens (tertiary/aromatic N) is 5. The molecule has 0 aliphatic heterocycles. The van der Waals surface area contributed by atoms with Crippen molar-refractivity contribution in [1.29, 1.82) is 0 Å². The molecule has 0 aromatic carbocycles. The highest BCUT2D eigenvalue weighted by molar-refractivity contribution is 7.93. The van der Waals surface area contributed by atoms with E-state index in [1.807, 2.05) is 0 Å². The number of amides is 2. The van der Waals surface area contributed by atoms with Gasteiger partial charge in [0.2, 0.25) is 11.9 Å². The average molecular weight is 463 g/mol. The van der Waals surface area contributed by atoms with Crippen molar-refractivity contribution in [3.05, 3.63) is 53.4 Å². The Balaban J connectivity index is 2.10. The number of hydrogen-bond donors (Lipinski definition) is 2. The molecule has 2 amide bonds. The normalized spacial score (nSPS) is 11.1. The topological polar surface area (TPSA) is 160 Å². The number of sulfonamides is 1. The van der Waals surface area contributed by atoms with Gasteiger partial charge in [-0.2, -0.15) is 22.2 Å². The summed E-state index contributed by atoms with van der Waals surface area (Å²) in [5, 5.41) is 7.26. The third kappa shape index (κ3) is 4.69. The van der Waals surface area contributed by atoms with E-state index in [1.54, 1.807) is 19.9 Å². The molecule has 0 saturated heterocycles. The lowest BCUT2D eigenvalue weighted by molar-refractivity contribution is 0.0521. The lowest BCUT2D eigenvalue weighted by Gasteiger charge is -2.21. The second-order valence-corrected chi connectivity index (χ2v) is 8.05.